The first kappa shape index (κ1) is 19.1. The molecule has 0 bridgehead atoms. The summed E-state index contributed by atoms with van der Waals surface area (Å²) in [6, 6.07) is 18.8. The largest absolute Gasteiger partial charge is 0.192 e. The summed E-state index contributed by atoms with van der Waals surface area (Å²) in [5.41, 5.74) is 9.62. The monoisotopic (exact) mass is 394 g/mol. The summed E-state index contributed by atoms with van der Waals surface area (Å²) in [5.74, 6) is 0. The molecule has 0 radical (unpaired) electrons. The van der Waals surface area contributed by atoms with Crippen LogP contribution in [0.15, 0.2) is 67.3 Å². The molecule has 1 aromatic heterocycles. The number of rotatable bonds is 4. The van der Waals surface area contributed by atoms with Gasteiger partial charge in [-0.1, -0.05) is 74.7 Å². The molecule has 0 saturated carbocycles. The van der Waals surface area contributed by atoms with Crippen LogP contribution in [0.2, 0.25) is 0 Å². The third-order valence-corrected chi connectivity index (χ3v) is 6.45. The molecule has 0 spiro atoms. The van der Waals surface area contributed by atoms with Gasteiger partial charge in [-0.2, -0.15) is 9.64 Å². The maximum absolute atomic E-state index is 9.94. The van der Waals surface area contributed by atoms with Crippen molar-refractivity contribution < 1.29 is 0 Å². The number of hydrogen-bond donors (Lipinski definition) is 0. The topological polar surface area (TPSA) is 36.7 Å². The molecule has 0 saturated heterocycles. The highest BCUT2D eigenvalue weighted by Crippen LogP contribution is 2.42. The highest BCUT2D eigenvalue weighted by Gasteiger charge is 2.24. The first-order chi connectivity index (χ1) is 14.2. The van der Waals surface area contributed by atoms with E-state index >= 15 is 0 Å². The van der Waals surface area contributed by atoms with Gasteiger partial charge in [0.2, 0.25) is 0 Å². The van der Waals surface area contributed by atoms with Crippen molar-refractivity contribution in [2.24, 2.45) is 0 Å². The number of aryl methyl sites for hydroxylation is 1. The highest BCUT2D eigenvalue weighted by molar-refractivity contribution is 7.07. The third kappa shape index (κ3) is 3.37. The van der Waals surface area contributed by atoms with E-state index in [2.05, 4.69) is 48.7 Å². The summed E-state index contributed by atoms with van der Waals surface area (Å²) in [4.78, 5) is 0.983. The molecule has 0 fully saturated rings. The molecule has 1 aliphatic rings. The van der Waals surface area contributed by atoms with Crippen LogP contribution < -0.4 is 0 Å². The lowest BCUT2D eigenvalue weighted by molar-refractivity contribution is 0.935. The van der Waals surface area contributed by atoms with Crippen LogP contribution in [0.4, 0.5) is 0 Å². The Hall–Kier alpha value is -3.22. The lowest BCUT2D eigenvalue weighted by Crippen LogP contribution is -2.06. The molecule has 3 heteroatoms. The standard InChI is InChI=1S/C26H22N2S/c1-4-18-11-13-22-17(3)23(14-12-20(22)15-18)21(5-2)26-24(16-27)25(28-29-26)19-9-7-6-8-10-19/h4,6-11,13,15H,1,3,5,12,14H2,2H3. The number of fused-ring (bicyclic) bond motifs is 1. The zero-order valence-corrected chi connectivity index (χ0v) is 17.4. The average molecular weight is 395 g/mol. The molecule has 1 aliphatic carbocycles. The summed E-state index contributed by atoms with van der Waals surface area (Å²) >= 11 is 1.43. The number of nitrogens with zero attached hydrogens (tertiary/aromatic N) is 2. The van der Waals surface area contributed by atoms with Crippen LogP contribution in [0.25, 0.3) is 28.5 Å². The van der Waals surface area contributed by atoms with Gasteiger partial charge < -0.3 is 0 Å². The zero-order valence-electron chi connectivity index (χ0n) is 16.5. The first-order valence-corrected chi connectivity index (χ1v) is 10.6. The van der Waals surface area contributed by atoms with Crippen molar-refractivity contribution in [3.63, 3.8) is 0 Å². The van der Waals surface area contributed by atoms with E-state index in [9.17, 15) is 5.26 Å². The molecule has 0 unspecified atom stereocenters. The van der Waals surface area contributed by atoms with Crippen LogP contribution in [0.1, 0.15) is 46.9 Å². The molecule has 0 N–H and O–H groups in total. The maximum Gasteiger partial charge on any atom is 0.103 e. The molecule has 0 aliphatic heterocycles. The normalized spacial score (nSPS) is 14.8. The minimum absolute atomic E-state index is 0.672. The van der Waals surface area contributed by atoms with Gasteiger partial charge in [0.25, 0.3) is 0 Å². The molecular weight excluding hydrogens is 372 g/mol. The van der Waals surface area contributed by atoms with Gasteiger partial charge >= 0.3 is 0 Å². The molecule has 4 rings (SSSR count). The van der Waals surface area contributed by atoms with E-state index in [1.165, 1.54) is 33.8 Å². The van der Waals surface area contributed by atoms with E-state index in [0.717, 1.165) is 46.5 Å². The van der Waals surface area contributed by atoms with Gasteiger partial charge in [0.05, 0.1) is 10.4 Å². The fraction of sp³-hybridized carbons (Fsp3) is 0.154. The Bertz CT molecular complexity index is 1170. The molecule has 1 heterocycles. The maximum atomic E-state index is 9.94. The summed E-state index contributed by atoms with van der Waals surface area (Å²) < 4.78 is 4.66. The Balaban J connectivity index is 1.83. The number of aromatic nitrogens is 1. The van der Waals surface area contributed by atoms with Crippen LogP contribution in [0.5, 0.6) is 0 Å². The molecule has 0 atom stereocenters. The summed E-state index contributed by atoms with van der Waals surface area (Å²) in [6.45, 7) is 10.4. The highest BCUT2D eigenvalue weighted by atomic mass is 32.1. The Morgan fingerprint density at radius 3 is 2.69 bits per heavy atom. The van der Waals surface area contributed by atoms with E-state index < -0.39 is 0 Å². The Kier molecular flexibility index (Phi) is 5.29. The number of nitriles is 1. The predicted octanol–water partition coefficient (Wildman–Crippen LogP) is 7.15. The van der Waals surface area contributed by atoms with Crippen molar-refractivity contribution >= 4 is 28.8 Å². The lowest BCUT2D eigenvalue weighted by Gasteiger charge is -2.24. The number of benzene rings is 2. The van der Waals surface area contributed by atoms with Crippen molar-refractivity contribution in [3.8, 4) is 17.3 Å². The third-order valence-electron chi connectivity index (χ3n) is 5.54. The predicted molar refractivity (Wildman–Crippen MR) is 123 cm³/mol. The summed E-state index contributed by atoms with van der Waals surface area (Å²) in [7, 11) is 0. The molecule has 3 aromatic rings. The minimum atomic E-state index is 0.672. The van der Waals surface area contributed by atoms with Crippen molar-refractivity contribution in [1.29, 1.82) is 5.26 Å². The van der Waals surface area contributed by atoms with Crippen molar-refractivity contribution in [2.45, 2.75) is 26.2 Å². The van der Waals surface area contributed by atoms with Crippen LogP contribution in [0.3, 0.4) is 0 Å². The van der Waals surface area contributed by atoms with Crippen LogP contribution in [0, 0.1) is 11.3 Å². The van der Waals surface area contributed by atoms with E-state index in [1.807, 2.05) is 36.4 Å². The molecule has 2 nitrogen and oxygen atoms in total. The second kappa shape index (κ2) is 8.03. The Labute approximate surface area is 176 Å². The molecule has 0 amide bonds. The second-order valence-electron chi connectivity index (χ2n) is 7.12. The summed E-state index contributed by atoms with van der Waals surface area (Å²) in [5, 5.41) is 9.94. The SMILES string of the molecule is C=Cc1ccc2c(c1)CCC(=C(CC)c1snc(-c3ccccc3)c1C#N)C2=C. The second-order valence-corrected chi connectivity index (χ2v) is 7.90. The van der Waals surface area contributed by atoms with Crippen LogP contribution in [-0.2, 0) is 6.42 Å². The van der Waals surface area contributed by atoms with Gasteiger partial charge in [-0.15, -0.1) is 0 Å². The van der Waals surface area contributed by atoms with Gasteiger partial charge in [-0.05, 0) is 64.2 Å². The van der Waals surface area contributed by atoms with Crippen molar-refractivity contribution in [2.75, 3.05) is 0 Å². The lowest BCUT2D eigenvalue weighted by atomic mass is 9.80. The van der Waals surface area contributed by atoms with E-state index in [0.29, 0.717) is 5.56 Å². The fourth-order valence-electron chi connectivity index (χ4n) is 4.05. The van der Waals surface area contributed by atoms with Crippen molar-refractivity contribution in [1.82, 2.24) is 4.37 Å². The minimum Gasteiger partial charge on any atom is -0.192 e. The van der Waals surface area contributed by atoms with Crippen LogP contribution in [-0.4, -0.2) is 4.37 Å². The molecular formula is C26H22N2S. The average Bonchev–Trinajstić information content (AvgIpc) is 3.20. The molecule has 142 valence electrons. The molecule has 2 aromatic carbocycles. The fourth-order valence-corrected chi connectivity index (χ4v) is 5.04. The van der Waals surface area contributed by atoms with E-state index in [1.54, 1.807) is 0 Å². The Morgan fingerprint density at radius 2 is 2.00 bits per heavy atom. The zero-order chi connectivity index (χ0) is 20.4. The summed E-state index contributed by atoms with van der Waals surface area (Å²) in [6.07, 6.45) is 4.63. The van der Waals surface area contributed by atoms with Gasteiger partial charge in [-0.25, -0.2) is 0 Å². The molecule has 29 heavy (non-hydrogen) atoms. The van der Waals surface area contributed by atoms with Gasteiger partial charge in [-0.3, -0.25) is 0 Å². The number of allylic oxidation sites excluding steroid dienone is 3. The van der Waals surface area contributed by atoms with Gasteiger partial charge in [0.1, 0.15) is 11.8 Å². The van der Waals surface area contributed by atoms with Gasteiger partial charge in [0.15, 0.2) is 0 Å². The van der Waals surface area contributed by atoms with E-state index in [-0.39, 0.29) is 0 Å². The quantitative estimate of drug-likeness (QED) is 0.471. The number of hydrogen-bond acceptors (Lipinski definition) is 3. The van der Waals surface area contributed by atoms with Gasteiger partial charge in [0, 0.05) is 5.56 Å². The van der Waals surface area contributed by atoms with Crippen LogP contribution >= 0.6 is 11.5 Å². The first-order valence-electron chi connectivity index (χ1n) is 9.80. The Morgan fingerprint density at radius 1 is 1.21 bits per heavy atom. The van der Waals surface area contributed by atoms with Crippen molar-refractivity contribution in [3.05, 3.63) is 94.4 Å². The smallest absolute Gasteiger partial charge is 0.103 e. The van der Waals surface area contributed by atoms with E-state index in [4.69, 9.17) is 0 Å².